The van der Waals surface area contributed by atoms with E-state index in [1.807, 2.05) is 24.3 Å². The molecule has 0 fully saturated rings. The second kappa shape index (κ2) is 7.00. The molecule has 5 nitrogen and oxygen atoms in total. The van der Waals surface area contributed by atoms with E-state index in [2.05, 4.69) is 15.9 Å². The minimum absolute atomic E-state index is 0.0483. The summed E-state index contributed by atoms with van der Waals surface area (Å²) in [6.07, 6.45) is 0. The van der Waals surface area contributed by atoms with E-state index in [1.165, 1.54) is 30.3 Å². The van der Waals surface area contributed by atoms with Gasteiger partial charge in [0.05, 0.1) is 15.4 Å². The van der Waals surface area contributed by atoms with Crippen molar-refractivity contribution < 1.29 is 22.7 Å². The van der Waals surface area contributed by atoms with E-state index >= 15 is 0 Å². The number of carbonyl (C=O) groups excluding carboxylic acids is 2. The van der Waals surface area contributed by atoms with Gasteiger partial charge in [-0.05, 0) is 48.0 Å². The lowest BCUT2D eigenvalue weighted by molar-refractivity contribution is 0.0472. The first-order valence-corrected chi connectivity index (χ1v) is 10.6. The molecule has 0 unspecified atom stereocenters. The monoisotopic (exact) mass is 456 g/mol. The van der Waals surface area contributed by atoms with Crippen molar-refractivity contribution in [1.29, 1.82) is 0 Å². The van der Waals surface area contributed by atoms with Crippen LogP contribution >= 0.6 is 15.9 Å². The summed E-state index contributed by atoms with van der Waals surface area (Å²) in [7, 11) is -3.90. The molecule has 3 aromatic rings. The number of ether oxygens (including phenoxy) is 1. The molecule has 0 aliphatic carbocycles. The molecular formula is C21H13BrO5S. The fourth-order valence-electron chi connectivity index (χ4n) is 3.02. The van der Waals surface area contributed by atoms with E-state index in [-0.39, 0.29) is 38.9 Å². The van der Waals surface area contributed by atoms with E-state index in [9.17, 15) is 18.0 Å². The third-order valence-corrected chi connectivity index (χ3v) is 6.84. The van der Waals surface area contributed by atoms with E-state index in [0.29, 0.717) is 0 Å². The predicted octanol–water partition coefficient (Wildman–Crippen LogP) is 4.18. The summed E-state index contributed by atoms with van der Waals surface area (Å²) >= 11 is 3.33. The summed E-state index contributed by atoms with van der Waals surface area (Å²) in [5.41, 5.74) is 1.07. The highest BCUT2D eigenvalue weighted by atomic mass is 79.9. The molecule has 1 heterocycles. The summed E-state index contributed by atoms with van der Waals surface area (Å²) in [4.78, 5) is 24.8. The molecule has 140 valence electrons. The second-order valence-corrected chi connectivity index (χ2v) is 9.04. The van der Waals surface area contributed by atoms with Crippen LogP contribution in [0.1, 0.15) is 31.8 Å². The average molecular weight is 457 g/mol. The highest BCUT2D eigenvalue weighted by Crippen LogP contribution is 2.34. The van der Waals surface area contributed by atoms with Crippen molar-refractivity contribution in [2.75, 3.05) is 0 Å². The van der Waals surface area contributed by atoms with Crippen LogP contribution in [0.4, 0.5) is 0 Å². The van der Waals surface area contributed by atoms with Crippen LogP contribution in [-0.2, 0) is 21.2 Å². The van der Waals surface area contributed by atoms with Crippen molar-refractivity contribution in [3.8, 4) is 0 Å². The van der Waals surface area contributed by atoms with Crippen molar-refractivity contribution in [2.24, 2.45) is 0 Å². The van der Waals surface area contributed by atoms with Crippen molar-refractivity contribution in [3.05, 3.63) is 93.5 Å². The normalized spacial score (nSPS) is 14.1. The molecule has 0 atom stereocenters. The largest absolute Gasteiger partial charge is 0.457 e. The molecule has 0 N–H and O–H groups in total. The van der Waals surface area contributed by atoms with Gasteiger partial charge in [0.2, 0.25) is 9.84 Å². The van der Waals surface area contributed by atoms with Gasteiger partial charge in [0.15, 0.2) is 5.78 Å². The number of benzene rings is 3. The quantitative estimate of drug-likeness (QED) is 0.432. The maximum Gasteiger partial charge on any atom is 0.338 e. The Balaban J connectivity index is 1.65. The van der Waals surface area contributed by atoms with Gasteiger partial charge in [0.25, 0.3) is 0 Å². The van der Waals surface area contributed by atoms with Gasteiger partial charge in [0.1, 0.15) is 6.61 Å². The Labute approximate surface area is 170 Å². The van der Waals surface area contributed by atoms with Crippen LogP contribution in [0.3, 0.4) is 0 Å². The molecule has 0 aromatic heterocycles. The fraction of sp³-hybridized carbons (Fsp3) is 0.0476. The molecule has 0 spiro atoms. The smallest absolute Gasteiger partial charge is 0.338 e. The molecule has 1 aliphatic rings. The van der Waals surface area contributed by atoms with Gasteiger partial charge in [0, 0.05) is 15.6 Å². The zero-order valence-electron chi connectivity index (χ0n) is 14.4. The maximum absolute atomic E-state index is 12.9. The lowest BCUT2D eigenvalue weighted by Crippen LogP contribution is -2.21. The Morgan fingerprint density at radius 3 is 2.32 bits per heavy atom. The van der Waals surface area contributed by atoms with Gasteiger partial charge in [-0.3, -0.25) is 4.79 Å². The van der Waals surface area contributed by atoms with Crippen LogP contribution in [0.5, 0.6) is 0 Å². The molecular weight excluding hydrogens is 444 g/mol. The standard InChI is InChI=1S/C21H13BrO5S/c22-15-8-5-13(6-9-15)12-27-21(24)14-7-10-17-19(11-14)28(25,26)18-4-2-1-3-16(18)20(17)23/h1-11H,12H2. The molecule has 4 rings (SSSR count). The molecule has 3 aromatic carbocycles. The number of halogens is 1. The van der Waals surface area contributed by atoms with E-state index in [1.54, 1.807) is 12.1 Å². The Morgan fingerprint density at radius 2 is 1.57 bits per heavy atom. The summed E-state index contributed by atoms with van der Waals surface area (Å²) in [6, 6.07) is 17.3. The molecule has 7 heteroatoms. The molecule has 0 radical (unpaired) electrons. The molecule has 0 saturated heterocycles. The van der Waals surface area contributed by atoms with Gasteiger partial charge in [-0.1, -0.05) is 40.2 Å². The highest BCUT2D eigenvalue weighted by molar-refractivity contribution is 9.10. The van der Waals surface area contributed by atoms with Gasteiger partial charge >= 0.3 is 5.97 Å². The number of ketones is 1. The van der Waals surface area contributed by atoms with E-state index in [4.69, 9.17) is 4.74 Å². The molecule has 28 heavy (non-hydrogen) atoms. The van der Waals surface area contributed by atoms with Crippen LogP contribution in [0.25, 0.3) is 0 Å². The topological polar surface area (TPSA) is 77.5 Å². The minimum Gasteiger partial charge on any atom is -0.457 e. The first-order valence-electron chi connectivity index (χ1n) is 8.32. The highest BCUT2D eigenvalue weighted by Gasteiger charge is 2.35. The van der Waals surface area contributed by atoms with Crippen LogP contribution in [0, 0.1) is 0 Å². The van der Waals surface area contributed by atoms with Crippen molar-refractivity contribution in [1.82, 2.24) is 0 Å². The van der Waals surface area contributed by atoms with E-state index < -0.39 is 15.8 Å². The lowest BCUT2D eigenvalue weighted by atomic mass is 10.0. The third-order valence-electron chi connectivity index (χ3n) is 4.46. The van der Waals surface area contributed by atoms with Crippen LogP contribution in [0.2, 0.25) is 0 Å². The number of sulfone groups is 1. The number of fused-ring (bicyclic) bond motifs is 2. The Hall–Kier alpha value is -2.77. The Morgan fingerprint density at radius 1 is 0.893 bits per heavy atom. The number of rotatable bonds is 3. The fourth-order valence-corrected chi connectivity index (χ4v) is 4.97. The van der Waals surface area contributed by atoms with Crippen molar-refractivity contribution >= 4 is 37.5 Å². The van der Waals surface area contributed by atoms with E-state index in [0.717, 1.165) is 10.0 Å². The zero-order valence-corrected chi connectivity index (χ0v) is 16.8. The molecule has 0 amide bonds. The summed E-state index contributed by atoms with van der Waals surface area (Å²) in [6.45, 7) is 0.0533. The van der Waals surface area contributed by atoms with Crippen LogP contribution in [-0.4, -0.2) is 20.2 Å². The van der Waals surface area contributed by atoms with Gasteiger partial charge in [-0.2, -0.15) is 0 Å². The summed E-state index contributed by atoms with van der Waals surface area (Å²) in [5.74, 6) is -1.04. The molecule has 1 aliphatic heterocycles. The number of hydrogen-bond acceptors (Lipinski definition) is 5. The van der Waals surface area contributed by atoms with Crippen LogP contribution < -0.4 is 0 Å². The number of carbonyl (C=O) groups is 2. The zero-order chi connectivity index (χ0) is 19.9. The summed E-state index contributed by atoms with van der Waals surface area (Å²) < 4.78 is 32.0. The minimum atomic E-state index is -3.90. The summed E-state index contributed by atoms with van der Waals surface area (Å²) in [5, 5.41) is 0. The first-order chi connectivity index (χ1) is 13.4. The molecule has 0 bridgehead atoms. The second-order valence-electron chi connectivity index (χ2n) is 6.24. The number of hydrogen-bond donors (Lipinski definition) is 0. The number of esters is 1. The van der Waals surface area contributed by atoms with Gasteiger partial charge < -0.3 is 4.74 Å². The average Bonchev–Trinajstić information content (AvgIpc) is 2.71. The molecule has 0 saturated carbocycles. The predicted molar refractivity (Wildman–Crippen MR) is 105 cm³/mol. The van der Waals surface area contributed by atoms with Crippen molar-refractivity contribution in [2.45, 2.75) is 16.4 Å². The third kappa shape index (κ3) is 3.16. The van der Waals surface area contributed by atoms with Crippen molar-refractivity contribution in [3.63, 3.8) is 0 Å². The Bertz CT molecular complexity index is 1210. The Kier molecular flexibility index (Phi) is 4.64. The maximum atomic E-state index is 12.9. The van der Waals surface area contributed by atoms with Crippen LogP contribution in [0.15, 0.2) is 81.0 Å². The van der Waals surface area contributed by atoms with Gasteiger partial charge in [-0.25, -0.2) is 13.2 Å². The SMILES string of the molecule is O=C(OCc1ccc(Br)cc1)c1ccc2c(c1)S(=O)(=O)c1ccccc1C2=O. The van der Waals surface area contributed by atoms with Gasteiger partial charge in [-0.15, -0.1) is 0 Å². The first kappa shape index (κ1) is 18.6. The lowest BCUT2D eigenvalue weighted by Gasteiger charge is -2.19.